The fourth-order valence-electron chi connectivity index (χ4n) is 0.986. The Bertz CT molecular complexity index is 461. The molecule has 80 valence electrons. The fourth-order valence-corrected chi connectivity index (χ4v) is 3.28. The lowest BCUT2D eigenvalue weighted by Crippen LogP contribution is -2.05. The largest absolute Gasteiger partial charge is 0.435 e. The maximum atomic E-state index is 12.4. The number of thiazole rings is 1. The molecule has 0 radical (unpaired) electrons. The topological polar surface area (TPSA) is 12.9 Å². The normalized spacial score (nSPS) is 12.0. The first-order chi connectivity index (χ1) is 6.98. The van der Waals surface area contributed by atoms with E-state index in [1.165, 1.54) is 11.3 Å². The third-order valence-electron chi connectivity index (χ3n) is 1.62. The van der Waals surface area contributed by atoms with Crippen LogP contribution in [0.3, 0.4) is 0 Å². The van der Waals surface area contributed by atoms with Crippen LogP contribution in [0.1, 0.15) is 5.69 Å². The number of aromatic nitrogens is 1. The molecule has 2 aromatic heterocycles. The van der Waals surface area contributed by atoms with E-state index in [-0.39, 0.29) is 3.79 Å². The second-order valence-electron chi connectivity index (χ2n) is 2.65. The zero-order valence-electron chi connectivity index (χ0n) is 7.01. The molecular formula is C8H3BrF3NS2. The predicted molar refractivity (Wildman–Crippen MR) is 58.1 cm³/mol. The van der Waals surface area contributed by atoms with Crippen molar-refractivity contribution in [2.75, 3.05) is 0 Å². The molecule has 0 amide bonds. The van der Waals surface area contributed by atoms with Gasteiger partial charge < -0.3 is 0 Å². The van der Waals surface area contributed by atoms with Crippen molar-refractivity contribution in [1.29, 1.82) is 0 Å². The van der Waals surface area contributed by atoms with Gasteiger partial charge in [0.1, 0.15) is 8.79 Å². The SMILES string of the molecule is FC(F)(F)c1nc(-c2ccsc2)sc1Br. The van der Waals surface area contributed by atoms with Gasteiger partial charge in [0.15, 0.2) is 5.69 Å². The molecule has 0 unspecified atom stereocenters. The molecule has 0 saturated heterocycles. The summed E-state index contributed by atoms with van der Waals surface area (Å²) in [6.07, 6.45) is -4.40. The van der Waals surface area contributed by atoms with Crippen LogP contribution in [0.5, 0.6) is 0 Å². The maximum absolute atomic E-state index is 12.4. The highest BCUT2D eigenvalue weighted by Crippen LogP contribution is 2.40. The molecule has 0 aliphatic carbocycles. The molecule has 0 aromatic carbocycles. The van der Waals surface area contributed by atoms with Gasteiger partial charge in [0.25, 0.3) is 0 Å². The minimum Gasteiger partial charge on any atom is -0.230 e. The number of halogens is 4. The Morgan fingerprint density at radius 1 is 1.33 bits per heavy atom. The molecule has 0 atom stereocenters. The molecule has 0 N–H and O–H groups in total. The van der Waals surface area contributed by atoms with Crippen LogP contribution in [0.25, 0.3) is 10.6 Å². The first kappa shape index (κ1) is 11.1. The molecule has 0 aliphatic heterocycles. The number of hydrogen-bond acceptors (Lipinski definition) is 3. The molecule has 2 aromatic rings. The van der Waals surface area contributed by atoms with E-state index >= 15 is 0 Å². The van der Waals surface area contributed by atoms with Crippen molar-refractivity contribution in [3.8, 4) is 10.6 Å². The Balaban J connectivity index is 2.47. The van der Waals surface area contributed by atoms with Crippen molar-refractivity contribution in [1.82, 2.24) is 4.98 Å². The van der Waals surface area contributed by atoms with Crippen molar-refractivity contribution < 1.29 is 13.2 Å². The van der Waals surface area contributed by atoms with Gasteiger partial charge in [-0.15, -0.1) is 11.3 Å². The molecular weight excluding hydrogens is 311 g/mol. The van der Waals surface area contributed by atoms with Crippen molar-refractivity contribution >= 4 is 38.6 Å². The quantitative estimate of drug-likeness (QED) is 0.746. The van der Waals surface area contributed by atoms with Crippen molar-refractivity contribution in [3.63, 3.8) is 0 Å². The molecule has 1 nitrogen and oxygen atoms in total. The summed E-state index contributed by atoms with van der Waals surface area (Å²) in [7, 11) is 0. The van der Waals surface area contributed by atoms with E-state index in [1.807, 2.05) is 0 Å². The van der Waals surface area contributed by atoms with Crippen LogP contribution >= 0.6 is 38.6 Å². The fraction of sp³-hybridized carbons (Fsp3) is 0.125. The second-order valence-corrected chi connectivity index (χ2v) is 5.75. The van der Waals surface area contributed by atoms with E-state index in [4.69, 9.17) is 0 Å². The molecule has 7 heteroatoms. The Kier molecular flexibility index (Phi) is 2.87. The monoisotopic (exact) mass is 313 g/mol. The van der Waals surface area contributed by atoms with Crippen molar-refractivity contribution in [2.45, 2.75) is 6.18 Å². The minimum atomic E-state index is -4.40. The van der Waals surface area contributed by atoms with Crippen LogP contribution in [-0.2, 0) is 6.18 Å². The first-order valence-corrected chi connectivity index (χ1v) is 6.30. The smallest absolute Gasteiger partial charge is 0.230 e. The molecule has 0 saturated carbocycles. The van der Waals surface area contributed by atoms with Crippen molar-refractivity contribution in [3.05, 3.63) is 26.3 Å². The summed E-state index contributed by atoms with van der Waals surface area (Å²) in [5.74, 6) is 0. The molecule has 2 heterocycles. The van der Waals surface area contributed by atoms with Crippen LogP contribution in [0, 0.1) is 0 Å². The number of rotatable bonds is 1. The number of alkyl halides is 3. The molecule has 2 rings (SSSR count). The average molecular weight is 314 g/mol. The van der Waals surface area contributed by atoms with Gasteiger partial charge in [-0.1, -0.05) is 0 Å². The van der Waals surface area contributed by atoms with Gasteiger partial charge in [0, 0.05) is 10.9 Å². The highest BCUT2D eigenvalue weighted by Gasteiger charge is 2.37. The van der Waals surface area contributed by atoms with Gasteiger partial charge in [-0.3, -0.25) is 0 Å². The van der Waals surface area contributed by atoms with E-state index in [0.29, 0.717) is 5.01 Å². The molecule has 0 spiro atoms. The molecule has 15 heavy (non-hydrogen) atoms. The summed E-state index contributed by atoms with van der Waals surface area (Å²) in [5, 5.41) is 3.96. The summed E-state index contributed by atoms with van der Waals surface area (Å²) in [4.78, 5) is 3.58. The number of thiophene rings is 1. The van der Waals surface area contributed by atoms with Crippen LogP contribution in [-0.4, -0.2) is 4.98 Å². The summed E-state index contributed by atoms with van der Waals surface area (Å²) in [6.45, 7) is 0. The Morgan fingerprint density at radius 3 is 2.53 bits per heavy atom. The van der Waals surface area contributed by atoms with E-state index in [2.05, 4.69) is 20.9 Å². The molecule has 0 bridgehead atoms. The zero-order chi connectivity index (χ0) is 11.1. The number of hydrogen-bond donors (Lipinski definition) is 0. The Morgan fingerprint density at radius 2 is 2.07 bits per heavy atom. The second kappa shape index (κ2) is 3.88. The van der Waals surface area contributed by atoms with Gasteiger partial charge in [-0.25, -0.2) is 4.98 Å². The summed E-state index contributed by atoms with van der Waals surface area (Å²) < 4.78 is 37.3. The van der Waals surface area contributed by atoms with Gasteiger partial charge in [0.05, 0.1) is 0 Å². The van der Waals surface area contributed by atoms with Gasteiger partial charge in [0.2, 0.25) is 0 Å². The van der Waals surface area contributed by atoms with Gasteiger partial charge in [-0.05, 0) is 27.4 Å². The third-order valence-corrected chi connectivity index (χ3v) is 4.06. The zero-order valence-corrected chi connectivity index (χ0v) is 10.2. The summed E-state index contributed by atoms with van der Waals surface area (Å²) in [6, 6.07) is 1.75. The van der Waals surface area contributed by atoms with Gasteiger partial charge in [-0.2, -0.15) is 24.5 Å². The molecule has 0 fully saturated rings. The van der Waals surface area contributed by atoms with Gasteiger partial charge >= 0.3 is 6.18 Å². The average Bonchev–Trinajstić information content (AvgIpc) is 2.68. The minimum absolute atomic E-state index is 0.0243. The van der Waals surface area contributed by atoms with E-state index < -0.39 is 11.9 Å². The van der Waals surface area contributed by atoms with E-state index in [1.54, 1.807) is 16.8 Å². The number of nitrogens with zero attached hydrogens (tertiary/aromatic N) is 1. The lowest BCUT2D eigenvalue weighted by molar-refractivity contribution is -0.141. The van der Waals surface area contributed by atoms with E-state index in [0.717, 1.165) is 16.9 Å². The first-order valence-electron chi connectivity index (χ1n) is 3.74. The molecule has 0 aliphatic rings. The van der Waals surface area contributed by atoms with Crippen LogP contribution < -0.4 is 0 Å². The Labute approximate surface area is 99.7 Å². The van der Waals surface area contributed by atoms with Crippen LogP contribution in [0.2, 0.25) is 0 Å². The maximum Gasteiger partial charge on any atom is 0.435 e. The van der Waals surface area contributed by atoms with E-state index in [9.17, 15) is 13.2 Å². The predicted octanol–water partition coefficient (Wildman–Crippen LogP) is 4.65. The summed E-state index contributed by atoms with van der Waals surface area (Å²) in [5.41, 5.74) is -0.130. The standard InChI is InChI=1S/C8H3BrF3NS2/c9-6-5(8(10,11)12)13-7(15-6)4-1-2-14-3-4/h1-3H. The highest BCUT2D eigenvalue weighted by molar-refractivity contribution is 9.11. The van der Waals surface area contributed by atoms with Crippen LogP contribution in [0.15, 0.2) is 20.6 Å². The Hall–Kier alpha value is -0.400. The summed E-state index contributed by atoms with van der Waals surface area (Å²) >= 11 is 5.30. The van der Waals surface area contributed by atoms with Crippen LogP contribution in [0.4, 0.5) is 13.2 Å². The lowest BCUT2D eigenvalue weighted by Gasteiger charge is -2.01. The lowest BCUT2D eigenvalue weighted by atomic mass is 10.3. The highest BCUT2D eigenvalue weighted by atomic mass is 79.9. The third kappa shape index (κ3) is 2.24. The van der Waals surface area contributed by atoms with Crippen molar-refractivity contribution in [2.24, 2.45) is 0 Å².